The van der Waals surface area contributed by atoms with E-state index in [0.717, 1.165) is 0 Å². The zero-order valence-electron chi connectivity index (χ0n) is 15.3. The number of hydrogen-bond donors (Lipinski definition) is 1. The molecular formula is C18H25NO6. The molecule has 1 unspecified atom stereocenters. The molecule has 1 amide bonds. The molecule has 0 radical (unpaired) electrons. The third-order valence-corrected chi connectivity index (χ3v) is 2.95. The van der Waals surface area contributed by atoms with Crippen molar-refractivity contribution in [3.8, 4) is 5.75 Å². The van der Waals surface area contributed by atoms with Crippen molar-refractivity contribution in [2.45, 2.75) is 59.1 Å². The van der Waals surface area contributed by atoms with Gasteiger partial charge in [0.05, 0.1) is 6.04 Å². The van der Waals surface area contributed by atoms with E-state index in [1.807, 2.05) is 6.92 Å². The Morgan fingerprint density at radius 2 is 1.72 bits per heavy atom. The molecule has 0 heterocycles. The maximum Gasteiger partial charge on any atom is 0.408 e. The van der Waals surface area contributed by atoms with Crippen molar-refractivity contribution >= 4 is 17.8 Å². The largest absolute Gasteiger partial charge is 0.444 e. The van der Waals surface area contributed by atoms with Gasteiger partial charge >= 0.3 is 12.1 Å². The first-order valence-electron chi connectivity index (χ1n) is 8.13. The maximum atomic E-state index is 12.3. The maximum absolute atomic E-state index is 12.3. The molecule has 1 aromatic rings. The van der Waals surface area contributed by atoms with Gasteiger partial charge in [0.1, 0.15) is 5.60 Å². The van der Waals surface area contributed by atoms with Crippen molar-refractivity contribution in [2.24, 2.45) is 0 Å². The number of ketones is 1. The van der Waals surface area contributed by atoms with Crippen molar-refractivity contribution in [3.05, 3.63) is 29.8 Å². The number of amides is 1. The monoisotopic (exact) mass is 351 g/mol. The number of Topliss-reactive ketones (excluding diaryl/α,β-unsaturated/α-hetero) is 1. The Morgan fingerprint density at radius 1 is 1.12 bits per heavy atom. The molecule has 0 saturated heterocycles. The number of benzene rings is 1. The predicted octanol–water partition coefficient (Wildman–Crippen LogP) is 3.42. The first-order chi connectivity index (χ1) is 11.6. The Bertz CT molecular complexity index is 603. The molecule has 0 bridgehead atoms. The van der Waals surface area contributed by atoms with E-state index in [1.165, 1.54) is 24.3 Å². The topological polar surface area (TPSA) is 90.9 Å². The van der Waals surface area contributed by atoms with Crippen LogP contribution in [0.15, 0.2) is 24.3 Å². The molecule has 0 fully saturated rings. The molecule has 0 spiro atoms. The molecule has 0 aliphatic carbocycles. The van der Waals surface area contributed by atoms with E-state index >= 15 is 0 Å². The van der Waals surface area contributed by atoms with Gasteiger partial charge in [-0.05, 0) is 58.4 Å². The molecule has 0 aliphatic heterocycles. The molecule has 1 aromatic carbocycles. The summed E-state index contributed by atoms with van der Waals surface area (Å²) in [5.74, 6) is -0.438. The molecule has 0 aromatic heterocycles. The highest BCUT2D eigenvalue weighted by Crippen LogP contribution is 2.15. The zero-order chi connectivity index (χ0) is 19.0. The van der Waals surface area contributed by atoms with Crippen LogP contribution >= 0.6 is 0 Å². The van der Waals surface area contributed by atoms with Gasteiger partial charge < -0.3 is 10.1 Å². The molecule has 7 nitrogen and oxygen atoms in total. The van der Waals surface area contributed by atoms with Gasteiger partial charge in [0.2, 0.25) is 0 Å². The minimum atomic E-state index is -0.746. The average Bonchev–Trinajstić information content (AvgIpc) is 2.51. The molecule has 25 heavy (non-hydrogen) atoms. The van der Waals surface area contributed by atoms with E-state index in [-0.39, 0.29) is 12.2 Å². The van der Waals surface area contributed by atoms with Crippen LogP contribution in [0, 0.1) is 0 Å². The van der Waals surface area contributed by atoms with Gasteiger partial charge in [-0.2, -0.15) is 0 Å². The van der Waals surface area contributed by atoms with Crippen molar-refractivity contribution in [3.63, 3.8) is 0 Å². The molecule has 1 atom stereocenters. The molecule has 138 valence electrons. The Morgan fingerprint density at radius 3 is 2.24 bits per heavy atom. The Balaban J connectivity index is 2.58. The van der Waals surface area contributed by atoms with Crippen LogP contribution in [0.25, 0.3) is 0 Å². The summed E-state index contributed by atoms with van der Waals surface area (Å²) >= 11 is 0. The summed E-state index contributed by atoms with van der Waals surface area (Å²) in [6, 6.07) is 5.32. The van der Waals surface area contributed by atoms with Crippen molar-refractivity contribution in [1.82, 2.24) is 5.32 Å². The molecular weight excluding hydrogens is 326 g/mol. The summed E-state index contributed by atoms with van der Waals surface area (Å²) < 4.78 is 5.12. The van der Waals surface area contributed by atoms with Gasteiger partial charge in [0.15, 0.2) is 11.5 Å². The Labute approximate surface area is 147 Å². The standard InChI is InChI=1S/C18H25NO6/c1-6-7-15(20)25-24-14-10-8-13(9-11-14)16(21)12(2)19-17(22)23-18(3,4)5/h8-12H,6-7H2,1-5H3,(H,19,22). The Kier molecular flexibility index (Phi) is 7.42. The van der Waals surface area contributed by atoms with Crippen LogP contribution in [0.4, 0.5) is 4.79 Å². The van der Waals surface area contributed by atoms with Crippen molar-refractivity contribution < 1.29 is 28.9 Å². The number of ether oxygens (including phenoxy) is 1. The second-order valence-corrected chi connectivity index (χ2v) is 6.55. The number of alkyl carbamates (subject to hydrolysis) is 1. The smallest absolute Gasteiger partial charge is 0.408 e. The molecule has 0 aliphatic rings. The molecule has 1 rings (SSSR count). The van der Waals surface area contributed by atoms with Crippen LogP contribution in [0.5, 0.6) is 5.75 Å². The first-order valence-corrected chi connectivity index (χ1v) is 8.13. The van der Waals surface area contributed by atoms with Crippen molar-refractivity contribution in [2.75, 3.05) is 0 Å². The lowest BCUT2D eigenvalue weighted by atomic mass is 10.1. The highest BCUT2D eigenvalue weighted by molar-refractivity contribution is 6.01. The van der Waals surface area contributed by atoms with Crippen LogP contribution in [0.1, 0.15) is 57.8 Å². The minimum absolute atomic E-state index is 0.268. The van der Waals surface area contributed by atoms with Gasteiger partial charge in [0, 0.05) is 12.0 Å². The summed E-state index contributed by atoms with van der Waals surface area (Å²) in [7, 11) is 0. The third-order valence-electron chi connectivity index (χ3n) is 2.95. The SMILES string of the molecule is CCCC(=O)OOc1ccc(C(=O)C(C)NC(=O)OC(C)(C)C)cc1. The van der Waals surface area contributed by atoms with E-state index in [1.54, 1.807) is 27.7 Å². The quantitative estimate of drug-likeness (QED) is 0.460. The fourth-order valence-electron chi connectivity index (χ4n) is 1.82. The fourth-order valence-corrected chi connectivity index (χ4v) is 1.82. The number of carbonyl (C=O) groups excluding carboxylic acids is 3. The van der Waals surface area contributed by atoms with Gasteiger partial charge in [-0.25, -0.2) is 9.59 Å². The van der Waals surface area contributed by atoms with Crippen molar-refractivity contribution in [1.29, 1.82) is 0 Å². The second kappa shape index (κ2) is 9.05. The highest BCUT2D eigenvalue weighted by atomic mass is 17.2. The van der Waals surface area contributed by atoms with Crippen LogP contribution in [0.3, 0.4) is 0 Å². The average molecular weight is 351 g/mol. The molecule has 7 heteroatoms. The number of rotatable bonds is 7. The summed E-state index contributed by atoms with van der Waals surface area (Å²) in [4.78, 5) is 44.8. The molecule has 0 saturated carbocycles. The fraction of sp³-hybridized carbons (Fsp3) is 0.500. The summed E-state index contributed by atoms with van der Waals surface area (Å²) in [6.45, 7) is 8.65. The third kappa shape index (κ3) is 7.69. The van der Waals surface area contributed by atoms with Gasteiger partial charge in [-0.3, -0.25) is 14.6 Å². The van der Waals surface area contributed by atoms with Crippen LogP contribution in [-0.2, 0) is 14.4 Å². The van der Waals surface area contributed by atoms with Gasteiger partial charge in [0.25, 0.3) is 0 Å². The van der Waals surface area contributed by atoms with Crippen LogP contribution < -0.4 is 10.2 Å². The summed E-state index contributed by atoms with van der Waals surface area (Å²) in [6.07, 6.45) is 0.277. The lowest BCUT2D eigenvalue weighted by Gasteiger charge is -2.21. The minimum Gasteiger partial charge on any atom is -0.444 e. The van der Waals surface area contributed by atoms with E-state index in [4.69, 9.17) is 9.62 Å². The summed E-state index contributed by atoms with van der Waals surface area (Å²) in [5, 5.41) is 2.49. The lowest BCUT2D eigenvalue weighted by molar-refractivity contribution is -0.213. The number of nitrogens with one attached hydrogen (secondary N) is 1. The van der Waals surface area contributed by atoms with Gasteiger partial charge in [-0.15, -0.1) is 0 Å². The second-order valence-electron chi connectivity index (χ2n) is 6.55. The van der Waals surface area contributed by atoms with E-state index in [2.05, 4.69) is 10.2 Å². The normalized spacial score (nSPS) is 12.0. The molecule has 1 N–H and O–H groups in total. The van der Waals surface area contributed by atoms with E-state index in [9.17, 15) is 14.4 Å². The lowest BCUT2D eigenvalue weighted by Crippen LogP contribution is -2.41. The number of hydrogen-bond acceptors (Lipinski definition) is 6. The summed E-state index contributed by atoms with van der Waals surface area (Å²) in [5.41, 5.74) is -0.253. The van der Waals surface area contributed by atoms with Crippen LogP contribution in [-0.4, -0.2) is 29.5 Å². The van der Waals surface area contributed by atoms with Crippen LogP contribution in [0.2, 0.25) is 0 Å². The van der Waals surface area contributed by atoms with E-state index < -0.39 is 23.7 Å². The van der Waals surface area contributed by atoms with E-state index in [0.29, 0.717) is 17.7 Å². The number of carbonyl (C=O) groups is 3. The van der Waals surface area contributed by atoms with Gasteiger partial charge in [-0.1, -0.05) is 6.92 Å². The highest BCUT2D eigenvalue weighted by Gasteiger charge is 2.22. The first kappa shape index (κ1) is 20.5. The predicted molar refractivity (Wildman–Crippen MR) is 91.2 cm³/mol. The Hall–Kier alpha value is -2.57. The zero-order valence-corrected chi connectivity index (χ0v) is 15.3.